The van der Waals surface area contributed by atoms with Crippen molar-refractivity contribution in [3.05, 3.63) is 35.9 Å². The van der Waals surface area contributed by atoms with Crippen LogP contribution in [0.2, 0.25) is 0 Å². The summed E-state index contributed by atoms with van der Waals surface area (Å²) >= 11 is 0. The van der Waals surface area contributed by atoms with E-state index in [4.69, 9.17) is 0 Å². The first-order valence-corrected chi connectivity index (χ1v) is 6.85. The zero-order valence-electron chi connectivity index (χ0n) is 8.83. The average Bonchev–Trinajstić information content (AvgIpc) is 3.11. The minimum Gasteiger partial charge on any atom is -0.394 e. The standard InChI is InChI=1S/C11H15NO3S/c13-8-11(9-4-2-1-3-5-9)12-16(14,15)10-6-7-10/h1-5,10-13H,6-8H2/t11-/m1/s1. The van der Waals surface area contributed by atoms with Crippen LogP contribution in [0.15, 0.2) is 30.3 Å². The summed E-state index contributed by atoms with van der Waals surface area (Å²) in [5, 5.41) is 8.96. The summed E-state index contributed by atoms with van der Waals surface area (Å²) in [6, 6.07) is 8.57. The SMILES string of the molecule is O=S(=O)(N[C@H](CO)c1ccccc1)C1CC1. The van der Waals surface area contributed by atoms with Crippen molar-refractivity contribution in [2.45, 2.75) is 24.1 Å². The summed E-state index contributed by atoms with van der Waals surface area (Å²) in [5.74, 6) is 0. The molecule has 1 aliphatic carbocycles. The maximum atomic E-state index is 11.7. The molecule has 0 heterocycles. The van der Waals surface area contributed by atoms with E-state index in [9.17, 15) is 13.5 Å². The lowest BCUT2D eigenvalue weighted by atomic mass is 10.1. The molecule has 0 radical (unpaired) electrons. The van der Waals surface area contributed by atoms with Crippen LogP contribution >= 0.6 is 0 Å². The molecule has 0 aliphatic heterocycles. The van der Waals surface area contributed by atoms with Gasteiger partial charge in [-0.2, -0.15) is 0 Å². The predicted molar refractivity (Wildman–Crippen MR) is 61.3 cm³/mol. The van der Waals surface area contributed by atoms with Crippen molar-refractivity contribution < 1.29 is 13.5 Å². The van der Waals surface area contributed by atoms with Gasteiger partial charge in [0.2, 0.25) is 10.0 Å². The number of benzene rings is 1. The summed E-state index contributed by atoms with van der Waals surface area (Å²) in [7, 11) is -3.26. The third-order valence-electron chi connectivity index (χ3n) is 2.65. The molecule has 0 saturated heterocycles. The van der Waals surface area contributed by atoms with Gasteiger partial charge in [0.1, 0.15) is 0 Å². The van der Waals surface area contributed by atoms with Gasteiger partial charge < -0.3 is 5.11 Å². The second-order valence-corrected chi connectivity index (χ2v) is 6.00. The predicted octanol–water partition coefficient (Wildman–Crippen LogP) is 0.802. The second-order valence-electron chi connectivity index (χ2n) is 4.01. The Labute approximate surface area is 95.4 Å². The molecule has 1 fully saturated rings. The van der Waals surface area contributed by atoms with Gasteiger partial charge in [-0.3, -0.25) is 0 Å². The largest absolute Gasteiger partial charge is 0.394 e. The Morgan fingerprint density at radius 1 is 1.31 bits per heavy atom. The van der Waals surface area contributed by atoms with E-state index in [1.807, 2.05) is 18.2 Å². The minimum absolute atomic E-state index is 0.226. The van der Waals surface area contributed by atoms with Crippen molar-refractivity contribution in [3.63, 3.8) is 0 Å². The normalized spacial score (nSPS) is 18.3. The van der Waals surface area contributed by atoms with Crippen LogP contribution in [0.1, 0.15) is 24.4 Å². The first-order chi connectivity index (χ1) is 7.63. The molecule has 0 amide bonds. The fraction of sp³-hybridized carbons (Fsp3) is 0.455. The maximum Gasteiger partial charge on any atom is 0.215 e. The Kier molecular flexibility index (Phi) is 3.28. The molecule has 1 aromatic carbocycles. The zero-order chi connectivity index (χ0) is 11.6. The summed E-state index contributed by atoms with van der Waals surface area (Å²) in [4.78, 5) is 0. The molecular weight excluding hydrogens is 226 g/mol. The van der Waals surface area contributed by atoms with Gasteiger partial charge in [0, 0.05) is 0 Å². The van der Waals surface area contributed by atoms with Gasteiger partial charge in [0.15, 0.2) is 0 Å². The van der Waals surface area contributed by atoms with Gasteiger partial charge in [-0.25, -0.2) is 13.1 Å². The van der Waals surface area contributed by atoms with Gasteiger partial charge in [-0.15, -0.1) is 0 Å². The van der Waals surface area contributed by atoms with Crippen LogP contribution in [0.4, 0.5) is 0 Å². The summed E-state index contributed by atoms with van der Waals surface area (Å²) < 4.78 is 26.0. The van der Waals surface area contributed by atoms with E-state index in [1.54, 1.807) is 12.1 Å². The number of rotatable bonds is 5. The van der Waals surface area contributed by atoms with E-state index < -0.39 is 16.1 Å². The summed E-state index contributed by atoms with van der Waals surface area (Å²) in [5.41, 5.74) is 0.786. The fourth-order valence-corrected chi connectivity index (χ4v) is 3.13. The number of hydrogen-bond acceptors (Lipinski definition) is 3. The average molecular weight is 241 g/mol. The quantitative estimate of drug-likeness (QED) is 0.801. The van der Waals surface area contributed by atoms with E-state index in [2.05, 4.69) is 4.72 Å². The number of aliphatic hydroxyl groups is 1. The minimum atomic E-state index is -3.26. The van der Waals surface area contributed by atoms with Gasteiger partial charge in [0.05, 0.1) is 17.9 Å². The lowest BCUT2D eigenvalue weighted by Gasteiger charge is -2.16. The molecule has 2 N–H and O–H groups in total. The molecule has 88 valence electrons. The lowest BCUT2D eigenvalue weighted by molar-refractivity contribution is 0.259. The Bertz CT molecular complexity index is 440. The highest BCUT2D eigenvalue weighted by atomic mass is 32.2. The monoisotopic (exact) mass is 241 g/mol. The second kappa shape index (κ2) is 4.53. The molecule has 0 spiro atoms. The molecule has 1 aromatic rings. The molecule has 0 bridgehead atoms. The van der Waals surface area contributed by atoms with Crippen LogP contribution in [0, 0.1) is 0 Å². The molecule has 2 rings (SSSR count). The molecule has 1 saturated carbocycles. The third-order valence-corrected chi connectivity index (χ3v) is 4.62. The highest BCUT2D eigenvalue weighted by Gasteiger charge is 2.37. The highest BCUT2D eigenvalue weighted by Crippen LogP contribution is 2.29. The number of hydrogen-bond donors (Lipinski definition) is 2. The molecule has 0 unspecified atom stereocenters. The van der Waals surface area contributed by atoms with Crippen molar-refractivity contribution in [1.82, 2.24) is 4.72 Å². The van der Waals surface area contributed by atoms with Crippen molar-refractivity contribution in [3.8, 4) is 0 Å². The van der Waals surface area contributed by atoms with Gasteiger partial charge in [0.25, 0.3) is 0 Å². The molecule has 4 nitrogen and oxygen atoms in total. The molecule has 5 heteroatoms. The van der Waals surface area contributed by atoms with E-state index in [0.29, 0.717) is 0 Å². The number of aliphatic hydroxyl groups excluding tert-OH is 1. The molecular formula is C11H15NO3S. The molecule has 1 atom stereocenters. The van der Waals surface area contributed by atoms with Crippen LogP contribution in [0.25, 0.3) is 0 Å². The van der Waals surface area contributed by atoms with E-state index in [0.717, 1.165) is 18.4 Å². The third kappa shape index (κ3) is 2.61. The first-order valence-electron chi connectivity index (χ1n) is 5.30. The van der Waals surface area contributed by atoms with Crippen LogP contribution in [-0.4, -0.2) is 25.4 Å². The fourth-order valence-electron chi connectivity index (χ4n) is 1.57. The molecule has 1 aliphatic rings. The van der Waals surface area contributed by atoms with E-state index in [1.165, 1.54) is 0 Å². The van der Waals surface area contributed by atoms with Crippen LogP contribution < -0.4 is 4.72 Å². The van der Waals surface area contributed by atoms with E-state index >= 15 is 0 Å². The lowest BCUT2D eigenvalue weighted by Crippen LogP contribution is -2.33. The van der Waals surface area contributed by atoms with Crippen molar-refractivity contribution in [2.24, 2.45) is 0 Å². The van der Waals surface area contributed by atoms with Crippen LogP contribution in [-0.2, 0) is 10.0 Å². The summed E-state index contributed by atoms with van der Waals surface area (Å²) in [6.07, 6.45) is 1.45. The van der Waals surface area contributed by atoms with Crippen molar-refractivity contribution >= 4 is 10.0 Å². The van der Waals surface area contributed by atoms with Crippen LogP contribution in [0.5, 0.6) is 0 Å². The van der Waals surface area contributed by atoms with E-state index in [-0.39, 0.29) is 11.9 Å². The highest BCUT2D eigenvalue weighted by molar-refractivity contribution is 7.90. The van der Waals surface area contributed by atoms with Gasteiger partial charge in [-0.1, -0.05) is 30.3 Å². The van der Waals surface area contributed by atoms with Gasteiger partial charge >= 0.3 is 0 Å². The first kappa shape index (κ1) is 11.6. The Morgan fingerprint density at radius 3 is 2.44 bits per heavy atom. The Hall–Kier alpha value is -0.910. The summed E-state index contributed by atoms with van der Waals surface area (Å²) in [6.45, 7) is -0.226. The number of sulfonamides is 1. The maximum absolute atomic E-state index is 11.7. The van der Waals surface area contributed by atoms with Gasteiger partial charge in [-0.05, 0) is 18.4 Å². The molecule has 0 aromatic heterocycles. The Balaban J connectivity index is 2.12. The van der Waals surface area contributed by atoms with Crippen molar-refractivity contribution in [1.29, 1.82) is 0 Å². The number of nitrogens with one attached hydrogen (secondary N) is 1. The zero-order valence-corrected chi connectivity index (χ0v) is 9.65. The van der Waals surface area contributed by atoms with Crippen molar-refractivity contribution in [2.75, 3.05) is 6.61 Å². The topological polar surface area (TPSA) is 66.4 Å². The van der Waals surface area contributed by atoms with Crippen LogP contribution in [0.3, 0.4) is 0 Å². The Morgan fingerprint density at radius 2 is 1.94 bits per heavy atom. The smallest absolute Gasteiger partial charge is 0.215 e. The molecule has 16 heavy (non-hydrogen) atoms.